The lowest BCUT2D eigenvalue weighted by molar-refractivity contribution is -0.135. The first kappa shape index (κ1) is 16.0. The molecule has 0 spiro atoms. The standard InChI is InChI=1S/C13H22F3N3/c1-11(2)7-17-8-12-9-18-10-19(12)6-4-3-5-13(14,15)16/h9-11,17H,3-8H2,1-2H3. The first-order valence-corrected chi connectivity index (χ1v) is 6.65. The van der Waals surface area contributed by atoms with Gasteiger partial charge in [-0.2, -0.15) is 13.2 Å². The summed E-state index contributed by atoms with van der Waals surface area (Å²) in [6, 6.07) is 0. The Bertz CT molecular complexity index is 358. The van der Waals surface area contributed by atoms with E-state index in [-0.39, 0.29) is 6.42 Å². The number of rotatable bonds is 8. The Labute approximate surface area is 112 Å². The summed E-state index contributed by atoms with van der Waals surface area (Å²) in [5.74, 6) is 0.572. The van der Waals surface area contributed by atoms with Crippen LogP contribution in [0.2, 0.25) is 0 Å². The van der Waals surface area contributed by atoms with E-state index < -0.39 is 12.6 Å². The number of halogens is 3. The Morgan fingerprint density at radius 3 is 2.68 bits per heavy atom. The third-order valence-electron chi connectivity index (χ3n) is 2.77. The summed E-state index contributed by atoms with van der Waals surface area (Å²) >= 11 is 0. The van der Waals surface area contributed by atoms with E-state index in [0.717, 1.165) is 12.2 Å². The molecule has 1 heterocycles. The number of hydrogen-bond acceptors (Lipinski definition) is 2. The van der Waals surface area contributed by atoms with Crippen LogP contribution in [0.15, 0.2) is 12.5 Å². The predicted octanol–water partition coefficient (Wildman–Crippen LogP) is 3.36. The molecule has 1 rings (SSSR count). The summed E-state index contributed by atoms with van der Waals surface area (Å²) in [6.45, 7) is 6.47. The van der Waals surface area contributed by atoms with E-state index >= 15 is 0 Å². The highest BCUT2D eigenvalue weighted by molar-refractivity contribution is 4.97. The quantitative estimate of drug-likeness (QED) is 0.738. The van der Waals surface area contributed by atoms with Crippen LogP contribution in [0, 0.1) is 5.92 Å². The number of hydrogen-bond donors (Lipinski definition) is 1. The average molecular weight is 277 g/mol. The van der Waals surface area contributed by atoms with Gasteiger partial charge in [0, 0.05) is 25.7 Å². The van der Waals surface area contributed by atoms with Crippen LogP contribution in [0.1, 0.15) is 38.8 Å². The van der Waals surface area contributed by atoms with Gasteiger partial charge in [0.1, 0.15) is 0 Å². The van der Waals surface area contributed by atoms with Gasteiger partial charge in [-0.3, -0.25) is 0 Å². The minimum atomic E-state index is -4.05. The molecule has 1 aromatic heterocycles. The van der Waals surface area contributed by atoms with Crippen LogP contribution >= 0.6 is 0 Å². The lowest BCUT2D eigenvalue weighted by atomic mass is 10.2. The molecule has 6 heteroatoms. The molecule has 0 aromatic carbocycles. The molecule has 0 radical (unpaired) electrons. The molecule has 0 aliphatic rings. The van der Waals surface area contributed by atoms with Gasteiger partial charge in [-0.15, -0.1) is 0 Å². The summed E-state index contributed by atoms with van der Waals surface area (Å²) in [5, 5.41) is 3.30. The van der Waals surface area contributed by atoms with Crippen molar-refractivity contribution >= 4 is 0 Å². The fourth-order valence-corrected chi connectivity index (χ4v) is 1.79. The van der Waals surface area contributed by atoms with Crippen LogP contribution in [-0.4, -0.2) is 22.3 Å². The summed E-state index contributed by atoms with van der Waals surface area (Å²) < 4.78 is 38.0. The summed E-state index contributed by atoms with van der Waals surface area (Å²) in [4.78, 5) is 4.05. The molecule has 0 aliphatic heterocycles. The number of alkyl halides is 3. The van der Waals surface area contributed by atoms with Gasteiger partial charge in [0.05, 0.1) is 12.0 Å². The van der Waals surface area contributed by atoms with E-state index in [0.29, 0.717) is 25.4 Å². The predicted molar refractivity (Wildman–Crippen MR) is 68.7 cm³/mol. The van der Waals surface area contributed by atoms with E-state index in [1.54, 1.807) is 12.5 Å². The normalized spacial score (nSPS) is 12.3. The van der Waals surface area contributed by atoms with E-state index in [1.165, 1.54) is 0 Å². The Morgan fingerprint density at radius 2 is 2.05 bits per heavy atom. The van der Waals surface area contributed by atoms with Crippen molar-refractivity contribution in [1.29, 1.82) is 0 Å². The van der Waals surface area contributed by atoms with Gasteiger partial charge < -0.3 is 9.88 Å². The maximum atomic E-state index is 12.0. The molecule has 1 N–H and O–H groups in total. The molecule has 0 atom stereocenters. The highest BCUT2D eigenvalue weighted by Gasteiger charge is 2.25. The number of unbranched alkanes of at least 4 members (excludes halogenated alkanes) is 1. The summed E-state index contributed by atoms with van der Waals surface area (Å²) in [7, 11) is 0. The van der Waals surface area contributed by atoms with Gasteiger partial charge in [-0.1, -0.05) is 13.8 Å². The second kappa shape index (κ2) is 7.53. The molecule has 0 saturated heterocycles. The first-order chi connectivity index (χ1) is 8.88. The number of nitrogens with zero attached hydrogens (tertiary/aromatic N) is 2. The smallest absolute Gasteiger partial charge is 0.333 e. The zero-order valence-corrected chi connectivity index (χ0v) is 11.5. The molecule has 110 valence electrons. The third kappa shape index (κ3) is 7.20. The van der Waals surface area contributed by atoms with Crippen molar-refractivity contribution in [1.82, 2.24) is 14.9 Å². The molecular weight excluding hydrogens is 255 g/mol. The van der Waals surface area contributed by atoms with Crippen LogP contribution in [0.25, 0.3) is 0 Å². The van der Waals surface area contributed by atoms with E-state index in [2.05, 4.69) is 24.1 Å². The van der Waals surface area contributed by atoms with Gasteiger partial charge >= 0.3 is 6.18 Å². The van der Waals surface area contributed by atoms with Gasteiger partial charge in [-0.25, -0.2) is 4.98 Å². The van der Waals surface area contributed by atoms with Crippen LogP contribution < -0.4 is 5.32 Å². The Morgan fingerprint density at radius 1 is 1.32 bits per heavy atom. The van der Waals surface area contributed by atoms with Crippen LogP contribution in [-0.2, 0) is 13.1 Å². The molecule has 0 fully saturated rings. The molecule has 0 aliphatic carbocycles. The topological polar surface area (TPSA) is 29.9 Å². The second-order valence-corrected chi connectivity index (χ2v) is 5.18. The number of aromatic nitrogens is 2. The van der Waals surface area contributed by atoms with Crippen molar-refractivity contribution in [2.24, 2.45) is 5.92 Å². The highest BCUT2D eigenvalue weighted by Crippen LogP contribution is 2.22. The SMILES string of the molecule is CC(C)CNCc1cncn1CCCCC(F)(F)F. The van der Waals surface area contributed by atoms with Crippen molar-refractivity contribution in [3.05, 3.63) is 18.2 Å². The molecule has 3 nitrogen and oxygen atoms in total. The minimum Gasteiger partial charge on any atom is -0.333 e. The summed E-state index contributed by atoms with van der Waals surface area (Å²) in [6.07, 6.45) is -0.621. The van der Waals surface area contributed by atoms with Gasteiger partial charge in [-0.05, 0) is 25.3 Å². The number of aryl methyl sites for hydroxylation is 1. The Hall–Kier alpha value is -1.04. The molecule has 0 amide bonds. The highest BCUT2D eigenvalue weighted by atomic mass is 19.4. The monoisotopic (exact) mass is 277 g/mol. The third-order valence-corrected chi connectivity index (χ3v) is 2.77. The van der Waals surface area contributed by atoms with E-state index in [9.17, 15) is 13.2 Å². The maximum Gasteiger partial charge on any atom is 0.389 e. The largest absolute Gasteiger partial charge is 0.389 e. The van der Waals surface area contributed by atoms with Gasteiger partial charge in [0.25, 0.3) is 0 Å². The number of imidazole rings is 1. The Kier molecular flexibility index (Phi) is 6.34. The number of nitrogens with one attached hydrogen (secondary N) is 1. The van der Waals surface area contributed by atoms with Gasteiger partial charge in [0.2, 0.25) is 0 Å². The fraction of sp³-hybridized carbons (Fsp3) is 0.769. The molecule has 1 aromatic rings. The molecule has 0 unspecified atom stereocenters. The maximum absolute atomic E-state index is 12.0. The van der Waals surface area contributed by atoms with Crippen molar-refractivity contribution in [2.45, 2.75) is 52.4 Å². The van der Waals surface area contributed by atoms with Crippen LogP contribution in [0.5, 0.6) is 0 Å². The zero-order valence-electron chi connectivity index (χ0n) is 11.5. The minimum absolute atomic E-state index is 0.167. The van der Waals surface area contributed by atoms with Crippen molar-refractivity contribution in [3.8, 4) is 0 Å². The summed E-state index contributed by atoms with van der Waals surface area (Å²) in [5.41, 5.74) is 1.02. The van der Waals surface area contributed by atoms with Crippen molar-refractivity contribution < 1.29 is 13.2 Å². The molecule has 0 saturated carbocycles. The second-order valence-electron chi connectivity index (χ2n) is 5.18. The van der Waals surface area contributed by atoms with Crippen molar-refractivity contribution in [2.75, 3.05) is 6.54 Å². The zero-order chi connectivity index (χ0) is 14.3. The Balaban J connectivity index is 2.28. The lowest BCUT2D eigenvalue weighted by Gasteiger charge is -2.11. The van der Waals surface area contributed by atoms with Crippen LogP contribution in [0.3, 0.4) is 0 Å². The van der Waals surface area contributed by atoms with Crippen molar-refractivity contribution in [3.63, 3.8) is 0 Å². The van der Waals surface area contributed by atoms with E-state index in [4.69, 9.17) is 0 Å². The molecule has 19 heavy (non-hydrogen) atoms. The lowest BCUT2D eigenvalue weighted by Crippen LogP contribution is -2.20. The molecule has 0 bridgehead atoms. The average Bonchev–Trinajstić information content (AvgIpc) is 2.70. The van der Waals surface area contributed by atoms with Gasteiger partial charge in [0.15, 0.2) is 0 Å². The van der Waals surface area contributed by atoms with Crippen LogP contribution in [0.4, 0.5) is 13.2 Å². The molecular formula is C13H22F3N3. The fourth-order valence-electron chi connectivity index (χ4n) is 1.79. The van der Waals surface area contributed by atoms with E-state index in [1.807, 2.05) is 4.57 Å². The first-order valence-electron chi connectivity index (χ1n) is 6.65.